The lowest BCUT2D eigenvalue weighted by atomic mass is 10.1. The van der Waals surface area contributed by atoms with Crippen LogP contribution in [0.2, 0.25) is 0 Å². The molecule has 1 N–H and O–H groups in total. The zero-order valence-electron chi connectivity index (χ0n) is 18.2. The van der Waals surface area contributed by atoms with Crippen LogP contribution in [0.4, 0.5) is 11.4 Å². The first kappa shape index (κ1) is 23.3. The molecular weight excluding hydrogens is 438 g/mol. The van der Waals surface area contributed by atoms with Crippen molar-refractivity contribution in [2.45, 2.75) is 32.9 Å². The Labute approximate surface area is 186 Å². The first-order valence-corrected chi connectivity index (χ1v) is 11.8. The average Bonchev–Trinajstić information content (AvgIpc) is 2.73. The molecule has 3 rings (SSSR count). The Bertz CT molecular complexity index is 1150. The van der Waals surface area contributed by atoms with Crippen LogP contribution < -0.4 is 19.1 Å². The number of ether oxygens (including phenoxy) is 2. The number of fused-ring (bicyclic) bond motifs is 1. The minimum absolute atomic E-state index is 0.0799. The van der Waals surface area contributed by atoms with Gasteiger partial charge in [0.2, 0.25) is 15.9 Å². The van der Waals surface area contributed by atoms with Crippen molar-refractivity contribution in [2.24, 2.45) is 0 Å². The van der Waals surface area contributed by atoms with Crippen molar-refractivity contribution in [1.29, 1.82) is 0 Å². The third kappa shape index (κ3) is 4.93. The lowest BCUT2D eigenvalue weighted by molar-refractivity contribution is -0.384. The molecule has 2 aromatic carbocycles. The number of rotatable bonds is 7. The summed E-state index contributed by atoms with van der Waals surface area (Å²) in [6, 6.07) is 7.61. The molecule has 1 aliphatic heterocycles. The number of hydrogen-bond donors (Lipinski definition) is 1. The van der Waals surface area contributed by atoms with Crippen LogP contribution in [0.5, 0.6) is 11.5 Å². The van der Waals surface area contributed by atoms with Crippen LogP contribution >= 0.6 is 0 Å². The van der Waals surface area contributed by atoms with Crippen molar-refractivity contribution >= 4 is 27.3 Å². The number of carbonyl (C=O) groups is 1. The van der Waals surface area contributed by atoms with E-state index in [-0.39, 0.29) is 11.4 Å². The summed E-state index contributed by atoms with van der Waals surface area (Å²) < 4.78 is 37.1. The Kier molecular flexibility index (Phi) is 6.58. The van der Waals surface area contributed by atoms with Crippen LogP contribution in [0.1, 0.15) is 31.0 Å². The van der Waals surface area contributed by atoms with Gasteiger partial charge in [-0.05, 0) is 44.0 Å². The summed E-state index contributed by atoms with van der Waals surface area (Å²) in [6.07, 6.45) is 0.958. The summed E-state index contributed by atoms with van der Waals surface area (Å²) in [6.45, 7) is 5.72. The highest BCUT2D eigenvalue weighted by molar-refractivity contribution is 7.92. The molecule has 32 heavy (non-hydrogen) atoms. The third-order valence-electron chi connectivity index (χ3n) is 5.15. The van der Waals surface area contributed by atoms with Gasteiger partial charge in [-0.3, -0.25) is 19.2 Å². The van der Waals surface area contributed by atoms with Crippen molar-refractivity contribution in [2.75, 3.05) is 23.8 Å². The molecule has 1 heterocycles. The van der Waals surface area contributed by atoms with Crippen LogP contribution in [0.3, 0.4) is 0 Å². The summed E-state index contributed by atoms with van der Waals surface area (Å²) in [5.41, 5.74) is 1.06. The SMILES string of the molecule is Cc1ccc([N+](=O)[O-])cc1N(C(C)C(=O)NC(C)c1ccc2c(c1)OCCO2)S(C)(=O)=O. The fourth-order valence-corrected chi connectivity index (χ4v) is 4.70. The Hall–Kier alpha value is -3.34. The van der Waals surface area contributed by atoms with Crippen LogP contribution in [0.25, 0.3) is 0 Å². The molecule has 2 atom stereocenters. The molecular formula is C21H25N3O7S. The topological polar surface area (TPSA) is 128 Å². The summed E-state index contributed by atoms with van der Waals surface area (Å²) in [7, 11) is -3.93. The van der Waals surface area contributed by atoms with Crippen molar-refractivity contribution in [3.05, 3.63) is 57.6 Å². The van der Waals surface area contributed by atoms with Gasteiger partial charge in [-0.25, -0.2) is 8.42 Å². The zero-order chi connectivity index (χ0) is 23.6. The fraction of sp³-hybridized carbons (Fsp3) is 0.381. The quantitative estimate of drug-likeness (QED) is 0.494. The second-order valence-corrected chi connectivity index (χ2v) is 9.46. The van der Waals surface area contributed by atoms with Gasteiger partial charge < -0.3 is 14.8 Å². The Morgan fingerprint density at radius 3 is 2.41 bits per heavy atom. The highest BCUT2D eigenvalue weighted by Crippen LogP contribution is 2.33. The van der Waals surface area contributed by atoms with Gasteiger partial charge in [-0.1, -0.05) is 12.1 Å². The van der Waals surface area contributed by atoms with Gasteiger partial charge in [0, 0.05) is 12.1 Å². The number of aryl methyl sites for hydroxylation is 1. The molecule has 0 saturated heterocycles. The van der Waals surface area contributed by atoms with E-state index in [1.165, 1.54) is 19.1 Å². The van der Waals surface area contributed by atoms with Gasteiger partial charge in [-0.2, -0.15) is 0 Å². The highest BCUT2D eigenvalue weighted by atomic mass is 32.2. The molecule has 0 fully saturated rings. The number of hydrogen-bond acceptors (Lipinski definition) is 7. The maximum Gasteiger partial charge on any atom is 0.271 e. The zero-order valence-corrected chi connectivity index (χ0v) is 19.0. The van der Waals surface area contributed by atoms with Gasteiger partial charge >= 0.3 is 0 Å². The maximum absolute atomic E-state index is 13.0. The van der Waals surface area contributed by atoms with Crippen molar-refractivity contribution in [3.8, 4) is 11.5 Å². The van der Waals surface area contributed by atoms with Crippen LogP contribution in [-0.2, 0) is 14.8 Å². The van der Waals surface area contributed by atoms with E-state index in [9.17, 15) is 23.3 Å². The predicted molar refractivity (Wildman–Crippen MR) is 119 cm³/mol. The van der Waals surface area contributed by atoms with Crippen LogP contribution in [0, 0.1) is 17.0 Å². The molecule has 1 amide bonds. The molecule has 1 aliphatic rings. The maximum atomic E-state index is 13.0. The van der Waals surface area contributed by atoms with E-state index >= 15 is 0 Å². The number of benzene rings is 2. The molecule has 2 unspecified atom stereocenters. The van der Waals surface area contributed by atoms with E-state index in [1.807, 2.05) is 0 Å². The molecule has 0 spiro atoms. The van der Waals surface area contributed by atoms with E-state index in [0.717, 1.165) is 22.2 Å². The summed E-state index contributed by atoms with van der Waals surface area (Å²) in [5, 5.41) is 14.0. The van der Waals surface area contributed by atoms with Crippen molar-refractivity contribution in [3.63, 3.8) is 0 Å². The normalized spacial score (nSPS) is 14.9. The van der Waals surface area contributed by atoms with Gasteiger partial charge in [0.25, 0.3) is 5.69 Å². The second-order valence-electron chi connectivity index (χ2n) is 7.60. The monoisotopic (exact) mass is 463 g/mol. The van der Waals surface area contributed by atoms with Gasteiger partial charge in [0.1, 0.15) is 19.3 Å². The molecule has 0 aromatic heterocycles. The number of nitrogens with zero attached hydrogens (tertiary/aromatic N) is 2. The fourth-order valence-electron chi connectivity index (χ4n) is 3.48. The largest absolute Gasteiger partial charge is 0.486 e. The number of amides is 1. The van der Waals surface area contributed by atoms with E-state index in [4.69, 9.17) is 9.47 Å². The first-order valence-electron chi connectivity index (χ1n) is 9.93. The van der Waals surface area contributed by atoms with Crippen LogP contribution in [-0.4, -0.2) is 44.8 Å². The number of anilines is 1. The third-order valence-corrected chi connectivity index (χ3v) is 6.38. The lowest BCUT2D eigenvalue weighted by Gasteiger charge is -2.30. The van der Waals surface area contributed by atoms with Crippen molar-refractivity contribution < 1.29 is 27.6 Å². The first-order chi connectivity index (χ1) is 15.0. The average molecular weight is 464 g/mol. The Morgan fingerprint density at radius 1 is 1.12 bits per heavy atom. The number of sulfonamides is 1. The molecule has 0 saturated carbocycles. The Morgan fingerprint density at radius 2 is 1.78 bits per heavy atom. The number of nitro groups is 1. The minimum atomic E-state index is -3.93. The van der Waals surface area contributed by atoms with Gasteiger partial charge in [0.15, 0.2) is 11.5 Å². The van der Waals surface area contributed by atoms with E-state index in [1.54, 1.807) is 32.0 Å². The molecule has 0 bridgehead atoms. The van der Waals surface area contributed by atoms with E-state index in [2.05, 4.69) is 5.32 Å². The number of non-ortho nitro benzene ring substituents is 1. The molecule has 0 radical (unpaired) electrons. The summed E-state index contributed by atoms with van der Waals surface area (Å²) in [5.74, 6) is 0.646. The Balaban J connectivity index is 1.86. The number of nitro benzene ring substituents is 1. The van der Waals surface area contributed by atoms with Crippen LogP contribution in [0.15, 0.2) is 36.4 Å². The second kappa shape index (κ2) is 9.03. The number of nitrogens with one attached hydrogen (secondary N) is 1. The standard InChI is InChI=1S/C21H25N3O7S/c1-13-5-7-17(24(26)27)12-18(13)23(32(4,28)29)15(3)21(25)22-14(2)16-6-8-19-20(11-16)31-10-9-30-19/h5-8,11-12,14-15H,9-10H2,1-4H3,(H,22,25). The van der Waals surface area contributed by atoms with Gasteiger partial charge in [-0.15, -0.1) is 0 Å². The minimum Gasteiger partial charge on any atom is -0.486 e. The van der Waals surface area contributed by atoms with E-state index < -0.39 is 32.9 Å². The molecule has 0 aliphatic carbocycles. The summed E-state index contributed by atoms with van der Waals surface area (Å²) in [4.78, 5) is 23.6. The van der Waals surface area contributed by atoms with E-state index in [0.29, 0.717) is 30.3 Å². The smallest absolute Gasteiger partial charge is 0.271 e. The predicted octanol–water partition coefficient (Wildman–Crippen LogP) is 2.71. The highest BCUT2D eigenvalue weighted by Gasteiger charge is 2.32. The number of carbonyl (C=O) groups excluding carboxylic acids is 1. The molecule has 10 nitrogen and oxygen atoms in total. The van der Waals surface area contributed by atoms with Gasteiger partial charge in [0.05, 0.1) is 22.9 Å². The van der Waals surface area contributed by atoms with Crippen molar-refractivity contribution in [1.82, 2.24) is 5.32 Å². The molecule has 172 valence electrons. The molecule has 2 aromatic rings. The molecule has 11 heteroatoms. The summed E-state index contributed by atoms with van der Waals surface area (Å²) >= 11 is 0. The lowest BCUT2D eigenvalue weighted by Crippen LogP contribution is -2.48.